The van der Waals surface area contributed by atoms with Crippen molar-refractivity contribution >= 4 is 23.2 Å². The van der Waals surface area contributed by atoms with Crippen LogP contribution in [0.5, 0.6) is 0 Å². The number of hydrogen-bond donors (Lipinski definition) is 2. The molecule has 122 valence electrons. The van der Waals surface area contributed by atoms with E-state index in [9.17, 15) is 9.90 Å². The summed E-state index contributed by atoms with van der Waals surface area (Å²) in [5.74, 6) is 0.0357. The molecule has 0 saturated heterocycles. The minimum atomic E-state index is -0.494. The number of hydrogen-bond acceptors (Lipinski definition) is 5. The van der Waals surface area contributed by atoms with Gasteiger partial charge in [0, 0.05) is 11.8 Å². The second-order valence-corrected chi connectivity index (χ2v) is 5.40. The smallest absolute Gasteiger partial charge is 0.295 e. The Hall–Kier alpha value is -2.77. The van der Waals surface area contributed by atoms with Gasteiger partial charge in [-0.25, -0.2) is 9.67 Å². The minimum absolute atomic E-state index is 0.000151. The number of aliphatic hydroxyl groups is 1. The van der Waals surface area contributed by atoms with Crippen LogP contribution in [0.25, 0.3) is 5.69 Å². The van der Waals surface area contributed by atoms with Gasteiger partial charge in [0.15, 0.2) is 0 Å². The molecule has 0 bridgehead atoms. The molecule has 2 aromatic heterocycles. The lowest BCUT2D eigenvalue weighted by Crippen LogP contribution is -2.15. The summed E-state index contributed by atoms with van der Waals surface area (Å²) >= 11 is 6.16. The summed E-state index contributed by atoms with van der Waals surface area (Å²) < 4.78 is 1.51. The zero-order chi connectivity index (χ0) is 17.1. The lowest BCUT2D eigenvalue weighted by molar-refractivity contribution is 0.101. The van der Waals surface area contributed by atoms with Gasteiger partial charge in [-0.3, -0.25) is 9.78 Å². The maximum Gasteiger partial charge on any atom is 0.295 e. The van der Waals surface area contributed by atoms with Crippen molar-refractivity contribution in [3.8, 4) is 5.69 Å². The highest BCUT2D eigenvalue weighted by molar-refractivity contribution is 6.32. The maximum atomic E-state index is 12.4. The van der Waals surface area contributed by atoms with E-state index in [1.54, 1.807) is 25.1 Å². The monoisotopic (exact) mass is 343 g/mol. The van der Waals surface area contributed by atoms with Crippen molar-refractivity contribution in [3.63, 3.8) is 0 Å². The fourth-order valence-corrected chi connectivity index (χ4v) is 2.41. The molecule has 0 aliphatic heterocycles. The molecule has 1 aromatic carbocycles. The molecule has 0 aliphatic rings. The first kappa shape index (κ1) is 16.1. The number of nitrogens with zero attached hydrogens (tertiary/aromatic N) is 4. The van der Waals surface area contributed by atoms with Crippen LogP contribution in [0.1, 0.15) is 22.0 Å². The fourth-order valence-electron chi connectivity index (χ4n) is 2.19. The summed E-state index contributed by atoms with van der Waals surface area (Å²) in [6.45, 7) is 1.52. The van der Waals surface area contributed by atoms with E-state index in [0.29, 0.717) is 27.8 Å². The van der Waals surface area contributed by atoms with Crippen LogP contribution in [0.15, 0.2) is 42.7 Å². The van der Waals surface area contributed by atoms with Crippen LogP contribution in [0.3, 0.4) is 0 Å². The molecule has 0 unspecified atom stereocenters. The van der Waals surface area contributed by atoms with Gasteiger partial charge in [-0.1, -0.05) is 23.7 Å². The molecule has 1 amide bonds. The molecule has 0 saturated carbocycles. The van der Waals surface area contributed by atoms with Crippen molar-refractivity contribution < 1.29 is 9.90 Å². The second-order valence-electron chi connectivity index (χ2n) is 4.99. The van der Waals surface area contributed by atoms with Crippen molar-refractivity contribution in [1.82, 2.24) is 19.7 Å². The lowest BCUT2D eigenvalue weighted by Gasteiger charge is -2.06. The molecule has 3 aromatic rings. The predicted molar refractivity (Wildman–Crippen MR) is 89.2 cm³/mol. The summed E-state index contributed by atoms with van der Waals surface area (Å²) in [6.07, 6.45) is 3.00. The van der Waals surface area contributed by atoms with E-state index < -0.39 is 5.91 Å². The molecule has 24 heavy (non-hydrogen) atoms. The summed E-state index contributed by atoms with van der Waals surface area (Å²) in [5, 5.41) is 16.7. The van der Waals surface area contributed by atoms with Crippen LogP contribution in [-0.4, -0.2) is 30.8 Å². The molecule has 7 nitrogen and oxygen atoms in total. The molecular weight excluding hydrogens is 330 g/mol. The van der Waals surface area contributed by atoms with Crippen molar-refractivity contribution in [3.05, 3.63) is 65.0 Å². The van der Waals surface area contributed by atoms with Gasteiger partial charge in [0.25, 0.3) is 5.91 Å². The first-order valence-corrected chi connectivity index (χ1v) is 7.51. The molecule has 2 heterocycles. The Bertz CT molecular complexity index is 894. The Balaban J connectivity index is 1.90. The third kappa shape index (κ3) is 3.12. The van der Waals surface area contributed by atoms with Gasteiger partial charge >= 0.3 is 0 Å². The number of aryl methyl sites for hydroxylation is 1. The largest absolute Gasteiger partial charge is 0.392 e. The van der Waals surface area contributed by atoms with Crippen molar-refractivity contribution in [2.45, 2.75) is 13.5 Å². The van der Waals surface area contributed by atoms with E-state index in [4.69, 9.17) is 11.6 Å². The number of carbonyl (C=O) groups is 1. The number of amides is 1. The van der Waals surface area contributed by atoms with Crippen LogP contribution in [0.4, 0.5) is 5.69 Å². The van der Waals surface area contributed by atoms with Crippen LogP contribution in [-0.2, 0) is 6.61 Å². The van der Waals surface area contributed by atoms with Crippen molar-refractivity contribution in [2.75, 3.05) is 5.32 Å². The van der Waals surface area contributed by atoms with E-state index in [-0.39, 0.29) is 12.4 Å². The molecular formula is C16H14ClN5O2. The molecule has 8 heteroatoms. The van der Waals surface area contributed by atoms with Gasteiger partial charge in [-0.2, -0.15) is 0 Å². The summed E-state index contributed by atoms with van der Waals surface area (Å²) in [4.78, 5) is 20.5. The molecule has 0 fully saturated rings. The molecule has 0 atom stereocenters. The van der Waals surface area contributed by atoms with Crippen LogP contribution >= 0.6 is 11.6 Å². The Labute approximate surface area is 142 Å². The van der Waals surface area contributed by atoms with E-state index in [2.05, 4.69) is 20.4 Å². The molecule has 0 spiro atoms. The standard InChI is InChI=1S/C16H14ClN5O2/c1-10-19-15(21-22(10)14-5-3-2-4-12(14)17)16(24)20-13-8-18-7-6-11(13)9-23/h2-8,23H,9H2,1H3,(H,20,24). The van der Waals surface area contributed by atoms with E-state index >= 15 is 0 Å². The van der Waals surface area contributed by atoms with Crippen LogP contribution in [0.2, 0.25) is 5.02 Å². The quantitative estimate of drug-likeness (QED) is 0.758. The SMILES string of the molecule is Cc1nc(C(=O)Nc2cnccc2CO)nn1-c1ccccc1Cl. The third-order valence-corrected chi connectivity index (χ3v) is 3.70. The zero-order valence-corrected chi connectivity index (χ0v) is 13.5. The van der Waals surface area contributed by atoms with Gasteiger partial charge in [-0.15, -0.1) is 5.10 Å². The molecule has 3 rings (SSSR count). The number of para-hydroxylation sites is 1. The van der Waals surface area contributed by atoms with Gasteiger partial charge < -0.3 is 10.4 Å². The Morgan fingerprint density at radius 1 is 1.33 bits per heavy atom. The summed E-state index contributed by atoms with van der Waals surface area (Å²) in [7, 11) is 0. The first-order valence-electron chi connectivity index (χ1n) is 7.14. The Kier molecular flexibility index (Phi) is 4.54. The Morgan fingerprint density at radius 3 is 2.88 bits per heavy atom. The molecule has 2 N–H and O–H groups in total. The summed E-state index contributed by atoms with van der Waals surface area (Å²) in [6, 6.07) is 8.78. The number of pyridine rings is 1. The van der Waals surface area contributed by atoms with Crippen LogP contribution in [0, 0.1) is 6.92 Å². The van der Waals surface area contributed by atoms with Gasteiger partial charge in [-0.05, 0) is 25.1 Å². The second kappa shape index (κ2) is 6.77. The topological polar surface area (TPSA) is 92.9 Å². The summed E-state index contributed by atoms with van der Waals surface area (Å²) in [5.41, 5.74) is 1.61. The number of nitrogens with one attached hydrogen (secondary N) is 1. The number of halogens is 1. The highest BCUT2D eigenvalue weighted by Crippen LogP contribution is 2.20. The first-order chi connectivity index (χ1) is 11.6. The van der Waals surface area contributed by atoms with Gasteiger partial charge in [0.1, 0.15) is 5.82 Å². The van der Waals surface area contributed by atoms with Crippen molar-refractivity contribution in [2.24, 2.45) is 0 Å². The number of aliphatic hydroxyl groups excluding tert-OH is 1. The predicted octanol–water partition coefficient (Wildman–Crippen LogP) is 2.37. The number of rotatable bonds is 4. The molecule has 0 radical (unpaired) electrons. The lowest BCUT2D eigenvalue weighted by atomic mass is 10.2. The van der Waals surface area contributed by atoms with E-state index in [1.165, 1.54) is 17.1 Å². The molecule has 0 aliphatic carbocycles. The van der Waals surface area contributed by atoms with Crippen molar-refractivity contribution in [1.29, 1.82) is 0 Å². The number of anilines is 1. The zero-order valence-electron chi connectivity index (χ0n) is 12.8. The van der Waals surface area contributed by atoms with E-state index in [1.807, 2.05) is 12.1 Å². The highest BCUT2D eigenvalue weighted by atomic mass is 35.5. The minimum Gasteiger partial charge on any atom is -0.392 e. The number of aromatic nitrogens is 4. The highest BCUT2D eigenvalue weighted by Gasteiger charge is 2.17. The maximum absolute atomic E-state index is 12.4. The third-order valence-electron chi connectivity index (χ3n) is 3.38. The van der Waals surface area contributed by atoms with Gasteiger partial charge in [0.2, 0.25) is 5.82 Å². The van der Waals surface area contributed by atoms with Gasteiger partial charge in [0.05, 0.1) is 29.2 Å². The van der Waals surface area contributed by atoms with Crippen LogP contribution < -0.4 is 5.32 Å². The normalized spacial score (nSPS) is 10.6. The fraction of sp³-hybridized carbons (Fsp3) is 0.125. The number of benzene rings is 1. The average molecular weight is 344 g/mol. The van der Waals surface area contributed by atoms with E-state index in [0.717, 1.165) is 0 Å². The number of carbonyl (C=O) groups excluding carboxylic acids is 1. The Morgan fingerprint density at radius 2 is 2.12 bits per heavy atom. The average Bonchev–Trinajstić information content (AvgIpc) is 2.97.